The topological polar surface area (TPSA) is 39.2 Å². The van der Waals surface area contributed by atoms with E-state index in [1.165, 1.54) is 0 Å². The van der Waals surface area contributed by atoms with Crippen molar-refractivity contribution in [2.24, 2.45) is 0 Å². The van der Waals surface area contributed by atoms with E-state index in [0.29, 0.717) is 13.0 Å². The summed E-state index contributed by atoms with van der Waals surface area (Å²) in [4.78, 5) is 16.2. The van der Waals surface area contributed by atoms with Gasteiger partial charge in [-0.2, -0.15) is 0 Å². The quantitative estimate of drug-likeness (QED) is 0.681. The van der Waals surface area contributed by atoms with Crippen LogP contribution in [-0.4, -0.2) is 17.6 Å². The summed E-state index contributed by atoms with van der Waals surface area (Å²) < 4.78 is 6.07. The van der Waals surface area contributed by atoms with Gasteiger partial charge in [-0.25, -0.2) is 4.98 Å². The SMILES string of the molecule is CCOC(=O)Cc1ccc2nc(-c3ccccc3)sc2c1. The second-order valence-corrected chi connectivity index (χ2v) is 5.70. The van der Waals surface area contributed by atoms with Gasteiger partial charge in [-0.3, -0.25) is 4.79 Å². The molecule has 0 aliphatic rings. The zero-order valence-corrected chi connectivity index (χ0v) is 12.5. The van der Waals surface area contributed by atoms with Crippen molar-refractivity contribution in [3.05, 3.63) is 54.1 Å². The van der Waals surface area contributed by atoms with Crippen LogP contribution in [0.3, 0.4) is 0 Å². The van der Waals surface area contributed by atoms with E-state index in [0.717, 1.165) is 26.4 Å². The Bertz CT molecular complexity index is 765. The van der Waals surface area contributed by atoms with Gasteiger partial charge in [-0.1, -0.05) is 36.4 Å². The maximum Gasteiger partial charge on any atom is 0.310 e. The first-order chi connectivity index (χ1) is 10.3. The van der Waals surface area contributed by atoms with Gasteiger partial charge in [0.2, 0.25) is 0 Å². The zero-order valence-electron chi connectivity index (χ0n) is 11.7. The fourth-order valence-electron chi connectivity index (χ4n) is 2.16. The van der Waals surface area contributed by atoms with Crippen LogP contribution in [0.15, 0.2) is 48.5 Å². The number of thiazole rings is 1. The number of carbonyl (C=O) groups is 1. The molecule has 0 unspecified atom stereocenters. The normalized spacial score (nSPS) is 10.7. The summed E-state index contributed by atoms with van der Waals surface area (Å²) in [6, 6.07) is 16.0. The predicted molar refractivity (Wildman–Crippen MR) is 85.4 cm³/mol. The first-order valence-corrected chi connectivity index (χ1v) is 7.68. The summed E-state index contributed by atoms with van der Waals surface area (Å²) in [6.07, 6.45) is 0.308. The molecule has 0 fully saturated rings. The average Bonchev–Trinajstić information content (AvgIpc) is 2.91. The van der Waals surface area contributed by atoms with Crippen LogP contribution in [0, 0.1) is 0 Å². The van der Waals surface area contributed by atoms with Gasteiger partial charge in [-0.15, -0.1) is 11.3 Å². The van der Waals surface area contributed by atoms with Gasteiger partial charge in [0, 0.05) is 5.56 Å². The number of fused-ring (bicyclic) bond motifs is 1. The Morgan fingerprint density at radius 1 is 1.19 bits per heavy atom. The first-order valence-electron chi connectivity index (χ1n) is 6.87. The molecule has 0 aliphatic heterocycles. The highest BCUT2D eigenvalue weighted by Crippen LogP contribution is 2.30. The third-order valence-corrected chi connectivity index (χ3v) is 4.19. The van der Waals surface area contributed by atoms with Crippen LogP contribution in [0.25, 0.3) is 20.8 Å². The third kappa shape index (κ3) is 3.11. The smallest absolute Gasteiger partial charge is 0.310 e. The predicted octanol–water partition coefficient (Wildman–Crippen LogP) is 4.07. The van der Waals surface area contributed by atoms with Crippen molar-refractivity contribution < 1.29 is 9.53 Å². The minimum Gasteiger partial charge on any atom is -0.466 e. The Morgan fingerprint density at radius 3 is 2.76 bits per heavy atom. The molecule has 4 heteroatoms. The molecule has 0 aliphatic carbocycles. The van der Waals surface area contributed by atoms with Crippen molar-refractivity contribution in [2.75, 3.05) is 6.61 Å². The molecular weight excluding hydrogens is 282 g/mol. The zero-order chi connectivity index (χ0) is 14.7. The molecule has 0 saturated heterocycles. The number of nitrogens with zero attached hydrogens (tertiary/aromatic N) is 1. The minimum atomic E-state index is -0.190. The summed E-state index contributed by atoms with van der Waals surface area (Å²) >= 11 is 1.64. The van der Waals surface area contributed by atoms with Gasteiger partial charge in [-0.05, 0) is 24.6 Å². The van der Waals surface area contributed by atoms with E-state index in [4.69, 9.17) is 4.74 Å². The number of benzene rings is 2. The van der Waals surface area contributed by atoms with Crippen LogP contribution in [0.5, 0.6) is 0 Å². The molecule has 3 rings (SSSR count). The van der Waals surface area contributed by atoms with Crippen molar-refractivity contribution in [3.8, 4) is 10.6 Å². The largest absolute Gasteiger partial charge is 0.466 e. The van der Waals surface area contributed by atoms with Gasteiger partial charge >= 0.3 is 5.97 Å². The lowest BCUT2D eigenvalue weighted by molar-refractivity contribution is -0.142. The summed E-state index contributed by atoms with van der Waals surface area (Å²) in [5, 5.41) is 0.999. The fourth-order valence-corrected chi connectivity index (χ4v) is 3.20. The van der Waals surface area contributed by atoms with Crippen LogP contribution in [0.2, 0.25) is 0 Å². The molecule has 0 saturated carbocycles. The second kappa shape index (κ2) is 6.06. The molecule has 106 valence electrons. The molecule has 0 bridgehead atoms. The standard InChI is InChI=1S/C17H15NO2S/c1-2-20-16(19)11-12-8-9-14-15(10-12)21-17(18-14)13-6-4-3-5-7-13/h3-10H,2,11H2,1H3. The van der Waals surface area contributed by atoms with Crippen LogP contribution in [0.4, 0.5) is 0 Å². The maximum atomic E-state index is 11.5. The Morgan fingerprint density at radius 2 is 2.00 bits per heavy atom. The van der Waals surface area contributed by atoms with Crippen LogP contribution >= 0.6 is 11.3 Å². The van der Waals surface area contributed by atoms with Crippen molar-refractivity contribution >= 4 is 27.5 Å². The van der Waals surface area contributed by atoms with E-state index in [1.54, 1.807) is 11.3 Å². The second-order valence-electron chi connectivity index (χ2n) is 4.67. The van der Waals surface area contributed by atoms with Crippen LogP contribution < -0.4 is 0 Å². The Kier molecular flexibility index (Phi) is 3.97. The summed E-state index contributed by atoms with van der Waals surface area (Å²) in [5.74, 6) is -0.190. The minimum absolute atomic E-state index is 0.190. The fraction of sp³-hybridized carbons (Fsp3) is 0.176. The summed E-state index contributed by atoms with van der Waals surface area (Å²) in [7, 11) is 0. The van der Waals surface area contributed by atoms with Gasteiger partial charge < -0.3 is 4.74 Å². The average molecular weight is 297 g/mol. The highest BCUT2D eigenvalue weighted by Gasteiger charge is 2.09. The highest BCUT2D eigenvalue weighted by molar-refractivity contribution is 7.21. The monoisotopic (exact) mass is 297 g/mol. The Balaban J connectivity index is 1.90. The van der Waals surface area contributed by atoms with E-state index in [9.17, 15) is 4.79 Å². The summed E-state index contributed by atoms with van der Waals surface area (Å²) in [6.45, 7) is 2.23. The third-order valence-electron chi connectivity index (χ3n) is 3.13. The lowest BCUT2D eigenvalue weighted by Gasteiger charge is -2.01. The lowest BCUT2D eigenvalue weighted by Crippen LogP contribution is -2.07. The molecule has 21 heavy (non-hydrogen) atoms. The molecule has 3 nitrogen and oxygen atoms in total. The van der Waals surface area contributed by atoms with Crippen molar-refractivity contribution in [1.82, 2.24) is 4.98 Å². The van der Waals surface area contributed by atoms with Gasteiger partial charge in [0.05, 0.1) is 23.2 Å². The van der Waals surface area contributed by atoms with Gasteiger partial charge in [0.15, 0.2) is 0 Å². The number of hydrogen-bond acceptors (Lipinski definition) is 4. The molecule has 3 aromatic rings. The Hall–Kier alpha value is -2.20. The first kappa shape index (κ1) is 13.8. The molecule has 0 radical (unpaired) electrons. The van der Waals surface area contributed by atoms with Gasteiger partial charge in [0.1, 0.15) is 5.01 Å². The number of carbonyl (C=O) groups excluding carboxylic acids is 1. The van der Waals surface area contributed by atoms with E-state index in [1.807, 2.05) is 43.3 Å². The maximum absolute atomic E-state index is 11.5. The van der Waals surface area contributed by atoms with Crippen molar-refractivity contribution in [2.45, 2.75) is 13.3 Å². The summed E-state index contributed by atoms with van der Waals surface area (Å²) in [5.41, 5.74) is 3.04. The molecule has 0 atom stereocenters. The highest BCUT2D eigenvalue weighted by atomic mass is 32.1. The number of aromatic nitrogens is 1. The number of rotatable bonds is 4. The molecule has 2 aromatic carbocycles. The molecule has 1 aromatic heterocycles. The molecule has 0 amide bonds. The van der Waals surface area contributed by atoms with E-state index in [2.05, 4.69) is 17.1 Å². The Labute approximate surface area is 127 Å². The van der Waals surface area contributed by atoms with Crippen molar-refractivity contribution in [3.63, 3.8) is 0 Å². The molecule has 1 heterocycles. The van der Waals surface area contributed by atoms with Gasteiger partial charge in [0.25, 0.3) is 0 Å². The van der Waals surface area contributed by atoms with E-state index < -0.39 is 0 Å². The number of ether oxygens (including phenoxy) is 1. The number of hydrogen-bond donors (Lipinski definition) is 0. The van der Waals surface area contributed by atoms with Crippen LogP contribution in [0.1, 0.15) is 12.5 Å². The molecule has 0 N–H and O–H groups in total. The molecule has 0 spiro atoms. The number of esters is 1. The lowest BCUT2D eigenvalue weighted by atomic mass is 10.1. The molecular formula is C17H15NO2S. The van der Waals surface area contributed by atoms with Crippen LogP contribution in [-0.2, 0) is 16.0 Å². The van der Waals surface area contributed by atoms with E-state index in [-0.39, 0.29) is 5.97 Å². The van der Waals surface area contributed by atoms with Crippen molar-refractivity contribution in [1.29, 1.82) is 0 Å². The van der Waals surface area contributed by atoms with E-state index >= 15 is 0 Å².